The summed E-state index contributed by atoms with van der Waals surface area (Å²) in [6, 6.07) is 7.71. The van der Waals surface area contributed by atoms with Crippen LogP contribution in [-0.4, -0.2) is 25.1 Å². The second-order valence-corrected chi connectivity index (χ2v) is 12.9. The molecule has 25 heavy (non-hydrogen) atoms. The molecule has 0 aliphatic heterocycles. The maximum Gasteiger partial charge on any atom is 0.227 e. The second kappa shape index (κ2) is 10.9. The van der Waals surface area contributed by atoms with Gasteiger partial charge in [-0.05, 0) is 19.1 Å². The van der Waals surface area contributed by atoms with Crippen molar-refractivity contribution in [2.45, 2.75) is 69.1 Å². The predicted molar refractivity (Wildman–Crippen MR) is 118 cm³/mol. The average molecular weight is 417 g/mol. The van der Waals surface area contributed by atoms with Gasteiger partial charge in [-0.15, -0.1) is 23.5 Å². The van der Waals surface area contributed by atoms with Crippen LogP contribution in [-0.2, 0) is 15.6 Å². The van der Waals surface area contributed by atoms with Crippen LogP contribution in [0.4, 0.5) is 0 Å². The van der Waals surface area contributed by atoms with Gasteiger partial charge in [0, 0.05) is 20.6 Å². The van der Waals surface area contributed by atoms with Crippen molar-refractivity contribution in [1.29, 1.82) is 0 Å². The molecule has 0 heterocycles. The van der Waals surface area contributed by atoms with E-state index < -0.39 is 10.8 Å². The number of carbonyl (C=O) groups excluding carboxylic acids is 1. The summed E-state index contributed by atoms with van der Waals surface area (Å²) < 4.78 is 14.0. The van der Waals surface area contributed by atoms with Crippen LogP contribution >= 0.6 is 35.3 Å². The Balaban J connectivity index is 3.40. The van der Waals surface area contributed by atoms with Crippen molar-refractivity contribution in [3.05, 3.63) is 39.0 Å². The van der Waals surface area contributed by atoms with E-state index in [1.54, 1.807) is 0 Å². The Hall–Kier alpha value is -0.170. The third-order valence-corrected chi connectivity index (χ3v) is 8.06. The fourth-order valence-electron chi connectivity index (χ4n) is 1.85. The topological polar surface area (TPSA) is 34.1 Å². The van der Waals surface area contributed by atoms with Crippen molar-refractivity contribution >= 4 is 51.2 Å². The monoisotopic (exact) mass is 416 g/mol. The normalized spacial score (nSPS) is 14.2. The van der Waals surface area contributed by atoms with Crippen LogP contribution in [0.25, 0.3) is 0 Å². The second-order valence-electron chi connectivity index (χ2n) is 6.49. The zero-order chi connectivity index (χ0) is 19.1. The van der Waals surface area contributed by atoms with Gasteiger partial charge in [-0.3, -0.25) is 4.79 Å². The lowest BCUT2D eigenvalue weighted by Crippen LogP contribution is -2.09. The standard InChI is InChI=1S/C19H28O2S4/c1-12(2)22-17(18(20)23-13(3)4)19(24-14(5)6)25(21)16-10-8-15(7)9-11-16/h8-14H,1-7H3/b19-17+. The zero-order valence-electron chi connectivity index (χ0n) is 16.0. The molecule has 2 nitrogen and oxygen atoms in total. The van der Waals surface area contributed by atoms with Gasteiger partial charge in [0.25, 0.3) is 0 Å². The summed E-state index contributed by atoms with van der Waals surface area (Å²) in [5, 5.41) is 0.735. The van der Waals surface area contributed by atoms with Gasteiger partial charge in [0.05, 0.1) is 19.9 Å². The predicted octanol–water partition coefficient (Wildman–Crippen LogP) is 6.22. The molecule has 0 fully saturated rings. The molecule has 0 spiro atoms. The highest BCUT2D eigenvalue weighted by atomic mass is 32.2. The summed E-state index contributed by atoms with van der Waals surface area (Å²) in [4.78, 5) is 14.2. The van der Waals surface area contributed by atoms with E-state index >= 15 is 0 Å². The van der Waals surface area contributed by atoms with Gasteiger partial charge in [0.2, 0.25) is 5.12 Å². The smallest absolute Gasteiger partial charge is 0.227 e. The largest absolute Gasteiger partial charge is 0.281 e. The molecule has 0 aliphatic rings. The summed E-state index contributed by atoms with van der Waals surface area (Å²) in [6.07, 6.45) is 0. The average Bonchev–Trinajstić information content (AvgIpc) is 2.49. The minimum atomic E-state index is -1.34. The lowest BCUT2D eigenvalue weighted by molar-refractivity contribution is -0.107. The number of rotatable bonds is 8. The van der Waals surface area contributed by atoms with Gasteiger partial charge in [-0.25, -0.2) is 4.21 Å². The molecular formula is C19H28O2S4. The third-order valence-electron chi connectivity index (χ3n) is 2.81. The van der Waals surface area contributed by atoms with Crippen molar-refractivity contribution in [3.8, 4) is 0 Å². The molecule has 1 rings (SSSR count). The Morgan fingerprint density at radius 2 is 1.32 bits per heavy atom. The lowest BCUT2D eigenvalue weighted by atomic mass is 10.2. The van der Waals surface area contributed by atoms with Crippen molar-refractivity contribution in [2.24, 2.45) is 0 Å². The molecule has 1 aromatic carbocycles. The van der Waals surface area contributed by atoms with Crippen LogP contribution in [0.5, 0.6) is 0 Å². The van der Waals surface area contributed by atoms with Crippen LogP contribution in [0.2, 0.25) is 0 Å². The van der Waals surface area contributed by atoms with Gasteiger partial charge in [-0.2, -0.15) is 0 Å². The molecule has 1 aromatic rings. The molecule has 0 saturated carbocycles. The van der Waals surface area contributed by atoms with E-state index in [1.807, 2.05) is 45.0 Å². The maximum atomic E-state index is 13.3. The Labute approximate surface area is 167 Å². The van der Waals surface area contributed by atoms with E-state index in [2.05, 4.69) is 27.7 Å². The zero-order valence-corrected chi connectivity index (χ0v) is 19.3. The first-order chi connectivity index (χ1) is 11.6. The van der Waals surface area contributed by atoms with Gasteiger partial charge < -0.3 is 0 Å². The Kier molecular flexibility index (Phi) is 9.93. The molecule has 0 radical (unpaired) electrons. The first kappa shape index (κ1) is 22.9. The molecule has 0 aliphatic carbocycles. The molecule has 0 aromatic heterocycles. The van der Waals surface area contributed by atoms with Gasteiger partial charge in [0.1, 0.15) is 0 Å². The SMILES string of the molecule is Cc1ccc(S(=O)/C(SC(C)C)=C(/SC(C)C)C(=O)SC(C)C)cc1. The van der Waals surface area contributed by atoms with Crippen LogP contribution in [0.1, 0.15) is 47.1 Å². The van der Waals surface area contributed by atoms with E-state index in [4.69, 9.17) is 0 Å². The quantitative estimate of drug-likeness (QED) is 0.470. The van der Waals surface area contributed by atoms with E-state index in [0.717, 1.165) is 10.5 Å². The van der Waals surface area contributed by atoms with Crippen molar-refractivity contribution in [2.75, 3.05) is 0 Å². The van der Waals surface area contributed by atoms with Crippen molar-refractivity contribution in [3.63, 3.8) is 0 Å². The van der Waals surface area contributed by atoms with Gasteiger partial charge in [-0.1, -0.05) is 71.0 Å². The minimum absolute atomic E-state index is 0.0253. The van der Waals surface area contributed by atoms with Gasteiger partial charge >= 0.3 is 0 Å². The molecular weight excluding hydrogens is 388 g/mol. The third kappa shape index (κ3) is 7.94. The molecule has 0 amide bonds. The van der Waals surface area contributed by atoms with Gasteiger partial charge in [0.15, 0.2) is 0 Å². The summed E-state index contributed by atoms with van der Waals surface area (Å²) in [5.41, 5.74) is 1.13. The molecule has 6 heteroatoms. The summed E-state index contributed by atoms with van der Waals surface area (Å²) in [7, 11) is -1.34. The Bertz CT molecular complexity index is 631. The Morgan fingerprint density at radius 3 is 1.76 bits per heavy atom. The first-order valence-corrected chi connectivity index (χ1v) is 12.2. The minimum Gasteiger partial charge on any atom is -0.281 e. The number of aryl methyl sites for hydroxylation is 1. The fourth-order valence-corrected chi connectivity index (χ4v) is 6.93. The maximum absolute atomic E-state index is 13.3. The van der Waals surface area contributed by atoms with Crippen molar-refractivity contribution in [1.82, 2.24) is 0 Å². The Morgan fingerprint density at radius 1 is 0.840 bits per heavy atom. The first-order valence-electron chi connectivity index (χ1n) is 8.38. The summed E-state index contributed by atoms with van der Waals surface area (Å²) in [6.45, 7) is 14.3. The number of hydrogen-bond acceptors (Lipinski definition) is 5. The van der Waals surface area contributed by atoms with E-state index in [-0.39, 0.29) is 20.9 Å². The molecule has 0 bridgehead atoms. The highest BCUT2D eigenvalue weighted by Gasteiger charge is 2.25. The van der Waals surface area contributed by atoms with Crippen LogP contribution in [0, 0.1) is 6.92 Å². The number of thioether (sulfide) groups is 3. The highest BCUT2D eigenvalue weighted by molar-refractivity contribution is 8.21. The molecule has 0 N–H and O–H groups in total. The molecule has 0 saturated heterocycles. The molecule has 140 valence electrons. The molecule has 1 atom stereocenters. The van der Waals surface area contributed by atoms with E-state index in [1.165, 1.54) is 35.3 Å². The summed E-state index contributed by atoms with van der Waals surface area (Å²) >= 11 is 4.37. The highest BCUT2D eigenvalue weighted by Crippen LogP contribution is 2.40. The number of carbonyl (C=O) groups is 1. The molecule has 1 unspecified atom stereocenters. The fraction of sp³-hybridized carbons (Fsp3) is 0.526. The van der Waals surface area contributed by atoms with Crippen LogP contribution < -0.4 is 0 Å². The number of hydrogen-bond donors (Lipinski definition) is 0. The van der Waals surface area contributed by atoms with E-state index in [9.17, 15) is 9.00 Å². The van der Waals surface area contributed by atoms with Crippen LogP contribution in [0.3, 0.4) is 0 Å². The number of benzene rings is 1. The van der Waals surface area contributed by atoms with E-state index in [0.29, 0.717) is 9.14 Å². The summed E-state index contributed by atoms with van der Waals surface area (Å²) in [5.74, 6) is 0. The lowest BCUT2D eigenvalue weighted by Gasteiger charge is -2.17. The van der Waals surface area contributed by atoms with Crippen LogP contribution in [0.15, 0.2) is 38.3 Å². The van der Waals surface area contributed by atoms with Crippen molar-refractivity contribution < 1.29 is 9.00 Å².